The first-order valence-electron chi connectivity index (χ1n) is 8.76. The fourth-order valence-corrected chi connectivity index (χ4v) is 3.23. The predicted octanol–water partition coefficient (Wildman–Crippen LogP) is 3.46. The van der Waals surface area contributed by atoms with Crippen LogP contribution in [0.4, 0.5) is 0 Å². The average molecular weight is 349 g/mol. The first-order chi connectivity index (χ1) is 12.7. The van der Waals surface area contributed by atoms with Gasteiger partial charge in [0.1, 0.15) is 5.58 Å². The highest BCUT2D eigenvalue weighted by Gasteiger charge is 2.22. The van der Waals surface area contributed by atoms with Crippen molar-refractivity contribution in [1.82, 2.24) is 4.90 Å². The number of carbonyl (C=O) groups is 1. The molecule has 3 aromatic rings. The third-order valence-electron chi connectivity index (χ3n) is 4.59. The van der Waals surface area contributed by atoms with Crippen molar-refractivity contribution in [3.05, 3.63) is 64.8 Å². The topological polar surface area (TPSA) is 59.8 Å². The summed E-state index contributed by atoms with van der Waals surface area (Å²) >= 11 is 0. The minimum absolute atomic E-state index is 0.0856. The maximum absolute atomic E-state index is 12.9. The van der Waals surface area contributed by atoms with Gasteiger partial charge in [0.2, 0.25) is 11.2 Å². The van der Waals surface area contributed by atoms with Gasteiger partial charge in [-0.05, 0) is 25.0 Å². The first-order valence-corrected chi connectivity index (χ1v) is 8.76. The zero-order chi connectivity index (χ0) is 17.9. The molecule has 0 N–H and O–H groups in total. The number of rotatable bonds is 4. The summed E-state index contributed by atoms with van der Waals surface area (Å²) in [6, 6.07) is 16.4. The summed E-state index contributed by atoms with van der Waals surface area (Å²) in [5.41, 5.74) is 0.966. The van der Waals surface area contributed by atoms with E-state index in [9.17, 15) is 9.59 Å². The zero-order valence-electron chi connectivity index (χ0n) is 14.3. The summed E-state index contributed by atoms with van der Waals surface area (Å²) in [5.74, 6) is 0.333. The Balaban J connectivity index is 1.74. The maximum Gasteiger partial charge on any atom is 0.260 e. The van der Waals surface area contributed by atoms with E-state index in [0.717, 1.165) is 31.5 Å². The number of ether oxygens (including phenoxy) is 1. The highest BCUT2D eigenvalue weighted by molar-refractivity contribution is 5.83. The lowest BCUT2D eigenvalue weighted by molar-refractivity contribution is -0.132. The van der Waals surface area contributed by atoms with Crippen LogP contribution in [0.15, 0.2) is 63.8 Å². The van der Waals surface area contributed by atoms with Crippen LogP contribution in [0.3, 0.4) is 0 Å². The van der Waals surface area contributed by atoms with Crippen LogP contribution in [0.5, 0.6) is 5.75 Å². The second-order valence-electron chi connectivity index (χ2n) is 6.33. The van der Waals surface area contributed by atoms with Crippen molar-refractivity contribution in [2.24, 2.45) is 0 Å². The number of benzene rings is 2. The molecule has 1 saturated heterocycles. The van der Waals surface area contributed by atoms with Gasteiger partial charge in [-0.3, -0.25) is 9.59 Å². The molecular formula is C21H19NO4. The molecule has 0 atom stereocenters. The zero-order valence-corrected chi connectivity index (χ0v) is 14.3. The van der Waals surface area contributed by atoms with Crippen LogP contribution in [0.25, 0.3) is 22.3 Å². The quantitative estimate of drug-likeness (QED) is 0.724. The molecule has 1 aliphatic heterocycles. The van der Waals surface area contributed by atoms with Crippen LogP contribution >= 0.6 is 0 Å². The third kappa shape index (κ3) is 3.08. The molecule has 2 heterocycles. The van der Waals surface area contributed by atoms with Crippen LogP contribution in [0, 0.1) is 0 Å². The van der Waals surface area contributed by atoms with E-state index in [1.807, 2.05) is 36.4 Å². The Kier molecular flexibility index (Phi) is 4.44. The molecule has 1 aromatic heterocycles. The molecule has 0 spiro atoms. The molecular weight excluding hydrogens is 330 g/mol. The molecule has 1 fully saturated rings. The average Bonchev–Trinajstić information content (AvgIpc) is 3.22. The fraction of sp³-hybridized carbons (Fsp3) is 0.238. The van der Waals surface area contributed by atoms with Gasteiger partial charge in [-0.15, -0.1) is 0 Å². The molecule has 5 heteroatoms. The van der Waals surface area contributed by atoms with Crippen molar-refractivity contribution in [3.63, 3.8) is 0 Å². The van der Waals surface area contributed by atoms with Crippen LogP contribution in [0.2, 0.25) is 0 Å². The Labute approximate surface area is 150 Å². The lowest BCUT2D eigenvalue weighted by Crippen LogP contribution is -2.32. The summed E-state index contributed by atoms with van der Waals surface area (Å²) in [7, 11) is 0. The third-order valence-corrected chi connectivity index (χ3v) is 4.59. The molecule has 4 rings (SSSR count). The molecule has 0 bridgehead atoms. The van der Waals surface area contributed by atoms with Crippen molar-refractivity contribution >= 4 is 16.9 Å². The van der Waals surface area contributed by atoms with Crippen molar-refractivity contribution in [2.45, 2.75) is 12.8 Å². The normalized spacial score (nSPS) is 13.9. The van der Waals surface area contributed by atoms with Crippen LogP contribution in [-0.4, -0.2) is 30.5 Å². The van der Waals surface area contributed by atoms with Gasteiger partial charge in [-0.25, -0.2) is 0 Å². The number of amides is 1. The number of hydrogen-bond donors (Lipinski definition) is 0. The second kappa shape index (κ2) is 7.04. The standard InChI is InChI=1S/C21H19NO4/c23-18(22-12-6-7-13-22)14-25-21-19(24)16-10-4-5-11-17(16)26-20(21)15-8-2-1-3-9-15/h1-5,8-11H,6-7,12-14H2. The van der Waals surface area contributed by atoms with Crippen LogP contribution < -0.4 is 10.2 Å². The van der Waals surface area contributed by atoms with Crippen molar-refractivity contribution < 1.29 is 13.9 Å². The van der Waals surface area contributed by atoms with Gasteiger partial charge in [0, 0.05) is 18.7 Å². The summed E-state index contributed by atoms with van der Waals surface area (Å²) in [5, 5.41) is 0.441. The number of hydrogen-bond acceptors (Lipinski definition) is 4. The lowest BCUT2D eigenvalue weighted by Gasteiger charge is -2.16. The monoisotopic (exact) mass is 349 g/mol. The molecule has 0 saturated carbocycles. The van der Waals surface area contributed by atoms with Crippen molar-refractivity contribution in [3.8, 4) is 17.1 Å². The van der Waals surface area contributed by atoms with E-state index in [2.05, 4.69) is 0 Å². The van der Waals surface area contributed by atoms with E-state index in [-0.39, 0.29) is 23.7 Å². The van der Waals surface area contributed by atoms with E-state index in [0.29, 0.717) is 16.7 Å². The van der Waals surface area contributed by atoms with E-state index >= 15 is 0 Å². The molecule has 132 valence electrons. The first kappa shape index (κ1) is 16.4. The Morgan fingerprint density at radius 3 is 2.46 bits per heavy atom. The van der Waals surface area contributed by atoms with Crippen LogP contribution in [-0.2, 0) is 4.79 Å². The minimum Gasteiger partial charge on any atom is -0.476 e. The van der Waals surface area contributed by atoms with Gasteiger partial charge in [-0.1, -0.05) is 42.5 Å². The predicted molar refractivity (Wildman–Crippen MR) is 99.2 cm³/mol. The number of nitrogens with zero attached hydrogens (tertiary/aromatic N) is 1. The largest absolute Gasteiger partial charge is 0.476 e. The van der Waals surface area contributed by atoms with E-state index < -0.39 is 0 Å². The van der Waals surface area contributed by atoms with Gasteiger partial charge in [0.15, 0.2) is 12.4 Å². The number of para-hydroxylation sites is 1. The Bertz CT molecular complexity index is 988. The molecule has 5 nitrogen and oxygen atoms in total. The van der Waals surface area contributed by atoms with E-state index in [1.165, 1.54) is 0 Å². The molecule has 1 amide bonds. The molecule has 2 aromatic carbocycles. The van der Waals surface area contributed by atoms with Crippen molar-refractivity contribution in [2.75, 3.05) is 19.7 Å². The van der Waals surface area contributed by atoms with Crippen molar-refractivity contribution in [1.29, 1.82) is 0 Å². The highest BCUT2D eigenvalue weighted by atomic mass is 16.5. The minimum atomic E-state index is -0.264. The summed E-state index contributed by atoms with van der Waals surface area (Å²) in [4.78, 5) is 27.0. The molecule has 26 heavy (non-hydrogen) atoms. The Hall–Kier alpha value is -3.08. The Morgan fingerprint density at radius 2 is 1.69 bits per heavy atom. The summed E-state index contributed by atoms with van der Waals surface area (Å²) < 4.78 is 11.7. The van der Waals surface area contributed by atoms with Gasteiger partial charge in [0.25, 0.3) is 5.91 Å². The van der Waals surface area contributed by atoms with E-state index in [1.54, 1.807) is 23.1 Å². The highest BCUT2D eigenvalue weighted by Crippen LogP contribution is 2.30. The number of fused-ring (bicyclic) bond motifs is 1. The van der Waals surface area contributed by atoms with Gasteiger partial charge in [0.05, 0.1) is 5.39 Å². The number of likely N-dealkylation sites (tertiary alicyclic amines) is 1. The van der Waals surface area contributed by atoms with Gasteiger partial charge < -0.3 is 14.1 Å². The molecule has 0 aliphatic carbocycles. The van der Waals surface area contributed by atoms with E-state index in [4.69, 9.17) is 9.15 Å². The molecule has 0 radical (unpaired) electrons. The van der Waals surface area contributed by atoms with Gasteiger partial charge in [-0.2, -0.15) is 0 Å². The lowest BCUT2D eigenvalue weighted by atomic mass is 10.1. The Morgan fingerprint density at radius 1 is 1.00 bits per heavy atom. The maximum atomic E-state index is 12.9. The fourth-order valence-electron chi connectivity index (χ4n) is 3.23. The molecule has 0 unspecified atom stereocenters. The van der Waals surface area contributed by atoms with Gasteiger partial charge >= 0.3 is 0 Å². The summed E-state index contributed by atoms with van der Waals surface area (Å²) in [6.45, 7) is 1.34. The smallest absolute Gasteiger partial charge is 0.260 e. The second-order valence-corrected chi connectivity index (χ2v) is 6.33. The molecule has 1 aliphatic rings. The SMILES string of the molecule is O=C(COc1c(-c2ccccc2)oc2ccccc2c1=O)N1CCCC1. The number of carbonyl (C=O) groups excluding carboxylic acids is 1. The van der Waals surface area contributed by atoms with Crippen LogP contribution in [0.1, 0.15) is 12.8 Å². The summed E-state index contributed by atoms with van der Waals surface area (Å²) in [6.07, 6.45) is 2.03.